The van der Waals surface area contributed by atoms with Crippen molar-refractivity contribution in [3.63, 3.8) is 0 Å². The van der Waals surface area contributed by atoms with Gasteiger partial charge in [0.1, 0.15) is 0 Å². The molecule has 13 heavy (non-hydrogen) atoms. The topological polar surface area (TPSA) is 55.1 Å². The minimum atomic E-state index is -0.316. The van der Waals surface area contributed by atoms with Gasteiger partial charge in [0.05, 0.1) is 4.99 Å². The van der Waals surface area contributed by atoms with Gasteiger partial charge in [-0.3, -0.25) is 4.79 Å². The second kappa shape index (κ2) is 5.17. The highest BCUT2D eigenvalue weighted by Crippen LogP contribution is 2.12. The van der Waals surface area contributed by atoms with Gasteiger partial charge in [-0.15, -0.1) is 0 Å². The van der Waals surface area contributed by atoms with E-state index >= 15 is 0 Å². The fourth-order valence-electron chi connectivity index (χ4n) is 0.730. The van der Waals surface area contributed by atoms with Crippen molar-refractivity contribution >= 4 is 23.1 Å². The number of carbonyl (C=O) groups is 1. The summed E-state index contributed by atoms with van der Waals surface area (Å²) in [5, 5.41) is 2.82. The van der Waals surface area contributed by atoms with Crippen LogP contribution >= 0.6 is 12.2 Å². The fraction of sp³-hybridized carbons (Fsp3) is 0.778. The van der Waals surface area contributed by atoms with Crippen LogP contribution in [0.25, 0.3) is 0 Å². The molecule has 0 radical (unpaired) electrons. The number of nitrogens with two attached hydrogens (primary N) is 1. The van der Waals surface area contributed by atoms with Crippen molar-refractivity contribution in [1.29, 1.82) is 0 Å². The molecule has 0 saturated carbocycles. The molecule has 0 unspecified atom stereocenters. The van der Waals surface area contributed by atoms with Gasteiger partial charge in [-0.1, -0.05) is 33.0 Å². The van der Waals surface area contributed by atoms with E-state index in [1.54, 1.807) is 0 Å². The van der Waals surface area contributed by atoms with Crippen molar-refractivity contribution in [2.45, 2.75) is 33.6 Å². The van der Waals surface area contributed by atoms with Crippen LogP contribution in [0.15, 0.2) is 0 Å². The molecule has 0 aromatic rings. The molecule has 0 aromatic heterocycles. The van der Waals surface area contributed by atoms with Crippen LogP contribution in [0.2, 0.25) is 0 Å². The molecule has 3 nitrogen and oxygen atoms in total. The Kier molecular flexibility index (Phi) is 4.91. The van der Waals surface area contributed by atoms with Gasteiger partial charge in [-0.2, -0.15) is 0 Å². The molecule has 0 bridgehead atoms. The standard InChI is InChI=1S/C9H18N2OS/c1-9(2,3)8(12)11-6-4-5-7(10)13/h4-6H2,1-3H3,(H2,10,13)(H,11,12). The molecule has 0 aromatic carbocycles. The average molecular weight is 202 g/mol. The number of nitrogens with one attached hydrogen (secondary N) is 1. The summed E-state index contributed by atoms with van der Waals surface area (Å²) < 4.78 is 0. The Morgan fingerprint density at radius 3 is 2.38 bits per heavy atom. The highest BCUT2D eigenvalue weighted by Gasteiger charge is 2.19. The van der Waals surface area contributed by atoms with Crippen LogP contribution < -0.4 is 11.1 Å². The Morgan fingerprint density at radius 1 is 1.46 bits per heavy atom. The van der Waals surface area contributed by atoms with Gasteiger partial charge < -0.3 is 11.1 Å². The lowest BCUT2D eigenvalue weighted by molar-refractivity contribution is -0.128. The van der Waals surface area contributed by atoms with E-state index < -0.39 is 0 Å². The summed E-state index contributed by atoms with van der Waals surface area (Å²) in [6, 6.07) is 0. The predicted octanol–water partition coefficient (Wildman–Crippen LogP) is 1.22. The third-order valence-corrected chi connectivity index (χ3v) is 1.77. The summed E-state index contributed by atoms with van der Waals surface area (Å²) in [7, 11) is 0. The van der Waals surface area contributed by atoms with Gasteiger partial charge in [0.2, 0.25) is 5.91 Å². The van der Waals surface area contributed by atoms with E-state index in [0.29, 0.717) is 18.0 Å². The van der Waals surface area contributed by atoms with E-state index in [0.717, 1.165) is 6.42 Å². The molecule has 3 N–H and O–H groups in total. The van der Waals surface area contributed by atoms with E-state index in [-0.39, 0.29) is 11.3 Å². The predicted molar refractivity (Wildman–Crippen MR) is 58.5 cm³/mol. The van der Waals surface area contributed by atoms with E-state index in [1.807, 2.05) is 20.8 Å². The Balaban J connectivity index is 3.55. The Morgan fingerprint density at radius 2 is 2.00 bits per heavy atom. The van der Waals surface area contributed by atoms with Crippen LogP contribution in [-0.2, 0) is 4.79 Å². The summed E-state index contributed by atoms with van der Waals surface area (Å²) in [5.41, 5.74) is 5.00. The average Bonchev–Trinajstić information content (AvgIpc) is 1.95. The van der Waals surface area contributed by atoms with Crippen LogP contribution in [-0.4, -0.2) is 17.4 Å². The summed E-state index contributed by atoms with van der Waals surface area (Å²) in [6.45, 7) is 6.30. The maximum Gasteiger partial charge on any atom is 0.225 e. The minimum absolute atomic E-state index is 0.0652. The van der Waals surface area contributed by atoms with Crippen molar-refractivity contribution in [2.75, 3.05) is 6.54 Å². The zero-order valence-corrected chi connectivity index (χ0v) is 9.33. The first-order valence-corrected chi connectivity index (χ1v) is 4.81. The van der Waals surface area contributed by atoms with Gasteiger partial charge in [-0.05, 0) is 12.8 Å². The van der Waals surface area contributed by atoms with Gasteiger partial charge in [-0.25, -0.2) is 0 Å². The summed E-state index contributed by atoms with van der Waals surface area (Å²) in [4.78, 5) is 11.8. The van der Waals surface area contributed by atoms with Gasteiger partial charge in [0.15, 0.2) is 0 Å². The van der Waals surface area contributed by atoms with Gasteiger partial charge in [0, 0.05) is 12.0 Å². The molecule has 0 saturated heterocycles. The van der Waals surface area contributed by atoms with Crippen molar-refractivity contribution in [1.82, 2.24) is 5.32 Å². The van der Waals surface area contributed by atoms with Crippen molar-refractivity contribution < 1.29 is 4.79 Å². The molecule has 1 amide bonds. The number of hydrogen-bond donors (Lipinski definition) is 2. The van der Waals surface area contributed by atoms with Crippen molar-refractivity contribution in [3.8, 4) is 0 Å². The zero-order valence-electron chi connectivity index (χ0n) is 8.52. The lowest BCUT2D eigenvalue weighted by Crippen LogP contribution is -2.35. The quantitative estimate of drug-likeness (QED) is 0.532. The molecule has 0 heterocycles. The molecule has 0 atom stereocenters. The number of carbonyl (C=O) groups excluding carboxylic acids is 1. The van der Waals surface area contributed by atoms with Crippen LogP contribution in [0.3, 0.4) is 0 Å². The molecule has 0 aliphatic carbocycles. The van der Waals surface area contributed by atoms with Crippen LogP contribution in [0.4, 0.5) is 0 Å². The fourth-order valence-corrected chi connectivity index (χ4v) is 0.874. The maximum absolute atomic E-state index is 11.3. The molecular formula is C9H18N2OS. The maximum atomic E-state index is 11.3. The first kappa shape index (κ1) is 12.4. The molecule has 0 aliphatic rings. The van der Waals surface area contributed by atoms with Crippen LogP contribution in [0, 0.1) is 5.41 Å². The number of amides is 1. The van der Waals surface area contributed by atoms with E-state index in [9.17, 15) is 4.79 Å². The highest BCUT2D eigenvalue weighted by atomic mass is 32.1. The normalized spacial score (nSPS) is 11.0. The van der Waals surface area contributed by atoms with Crippen molar-refractivity contribution in [2.24, 2.45) is 11.1 Å². The van der Waals surface area contributed by atoms with E-state index in [1.165, 1.54) is 0 Å². The molecule has 0 fully saturated rings. The van der Waals surface area contributed by atoms with Gasteiger partial charge >= 0.3 is 0 Å². The first-order valence-electron chi connectivity index (χ1n) is 4.40. The third kappa shape index (κ3) is 6.51. The molecule has 0 spiro atoms. The second-order valence-corrected chi connectivity index (χ2v) is 4.60. The summed E-state index contributed by atoms with van der Waals surface area (Å²) >= 11 is 4.71. The lowest BCUT2D eigenvalue weighted by atomic mass is 9.96. The number of thiocarbonyl (C=S) groups is 1. The lowest BCUT2D eigenvalue weighted by Gasteiger charge is -2.17. The first-order chi connectivity index (χ1) is 5.84. The third-order valence-electron chi connectivity index (χ3n) is 1.57. The van der Waals surface area contributed by atoms with Crippen LogP contribution in [0.1, 0.15) is 33.6 Å². The van der Waals surface area contributed by atoms with Crippen LogP contribution in [0.5, 0.6) is 0 Å². The second-order valence-electron chi connectivity index (χ2n) is 4.08. The molecule has 76 valence electrons. The molecule has 0 aliphatic heterocycles. The summed E-state index contributed by atoms with van der Waals surface area (Å²) in [6.07, 6.45) is 1.51. The van der Waals surface area contributed by atoms with Crippen molar-refractivity contribution in [3.05, 3.63) is 0 Å². The smallest absolute Gasteiger partial charge is 0.225 e. The molecule has 0 rings (SSSR count). The Labute approximate surface area is 85.1 Å². The largest absolute Gasteiger partial charge is 0.393 e. The minimum Gasteiger partial charge on any atom is -0.393 e. The summed E-state index contributed by atoms with van der Waals surface area (Å²) in [5.74, 6) is 0.0652. The monoisotopic (exact) mass is 202 g/mol. The zero-order chi connectivity index (χ0) is 10.5. The Bertz CT molecular complexity index is 196. The van der Waals surface area contributed by atoms with E-state index in [2.05, 4.69) is 5.32 Å². The Hall–Kier alpha value is -0.640. The van der Waals surface area contributed by atoms with Gasteiger partial charge in [0.25, 0.3) is 0 Å². The molecule has 4 heteroatoms. The molecular weight excluding hydrogens is 184 g/mol. The number of rotatable bonds is 4. The van der Waals surface area contributed by atoms with E-state index in [4.69, 9.17) is 18.0 Å². The highest BCUT2D eigenvalue weighted by molar-refractivity contribution is 7.80. The number of hydrogen-bond acceptors (Lipinski definition) is 2. The SMILES string of the molecule is CC(C)(C)C(=O)NCCCC(N)=S.